The van der Waals surface area contributed by atoms with Gasteiger partial charge in [-0.15, -0.1) is 0 Å². The molecule has 9 heavy (non-hydrogen) atoms. The van der Waals surface area contributed by atoms with Crippen molar-refractivity contribution < 1.29 is 5.21 Å². The number of aromatic nitrogens is 2. The van der Waals surface area contributed by atoms with Gasteiger partial charge < -0.3 is 5.21 Å². The molecule has 0 spiro atoms. The predicted octanol–water partition coefficient (Wildman–Crippen LogP) is -0.211. The molecule has 1 N–H and O–H groups in total. The van der Waals surface area contributed by atoms with Crippen LogP contribution in [0.3, 0.4) is 0 Å². The highest BCUT2D eigenvalue weighted by molar-refractivity contribution is 4.98. The minimum Gasteiger partial charge on any atom is -0.428 e. The van der Waals surface area contributed by atoms with E-state index >= 15 is 0 Å². The Kier molecular flexibility index (Phi) is 1.22. The van der Waals surface area contributed by atoms with Gasteiger partial charge in [-0.25, -0.2) is 0 Å². The monoisotopic (exact) mass is 126 g/mol. The lowest BCUT2D eigenvalue weighted by Gasteiger charge is -1.92. The molecule has 0 aliphatic carbocycles. The molecule has 0 aromatic carbocycles. The summed E-state index contributed by atoms with van der Waals surface area (Å²) in [5, 5.41) is 8.65. The van der Waals surface area contributed by atoms with Crippen LogP contribution in [-0.2, 0) is 0 Å². The summed E-state index contributed by atoms with van der Waals surface area (Å²) in [6.45, 7) is 1.59. The Hall–Kier alpha value is -1.32. The van der Waals surface area contributed by atoms with E-state index in [1.807, 2.05) is 0 Å². The topological polar surface area (TPSA) is 55.1 Å². The molecule has 4 heteroatoms. The van der Waals surface area contributed by atoms with Gasteiger partial charge in [-0.2, -0.15) is 9.71 Å². The van der Waals surface area contributed by atoms with E-state index in [2.05, 4.69) is 4.98 Å². The quantitative estimate of drug-likeness (QED) is 0.489. The van der Waals surface area contributed by atoms with Crippen LogP contribution in [0.15, 0.2) is 17.3 Å². The molecule has 0 radical (unpaired) electrons. The molecule has 0 amide bonds. The Morgan fingerprint density at radius 1 is 1.78 bits per heavy atom. The SMILES string of the molecule is Cc1cn(O)cnc1=O. The lowest BCUT2D eigenvalue weighted by atomic mass is 10.4. The van der Waals surface area contributed by atoms with Crippen LogP contribution in [0, 0.1) is 6.92 Å². The van der Waals surface area contributed by atoms with Gasteiger partial charge in [-0.05, 0) is 6.92 Å². The summed E-state index contributed by atoms with van der Waals surface area (Å²) >= 11 is 0. The Morgan fingerprint density at radius 3 is 2.89 bits per heavy atom. The molecule has 0 saturated heterocycles. The van der Waals surface area contributed by atoms with Gasteiger partial charge in [0.25, 0.3) is 5.56 Å². The molecule has 4 nitrogen and oxygen atoms in total. The van der Waals surface area contributed by atoms with Crippen LogP contribution in [0.5, 0.6) is 0 Å². The van der Waals surface area contributed by atoms with Gasteiger partial charge >= 0.3 is 0 Å². The van der Waals surface area contributed by atoms with Crippen molar-refractivity contribution in [3.05, 3.63) is 28.4 Å². The molecule has 1 aromatic rings. The summed E-state index contributed by atoms with van der Waals surface area (Å²) in [5.41, 5.74) is 0.125. The second kappa shape index (κ2) is 1.89. The molecular formula is C5H6N2O2. The van der Waals surface area contributed by atoms with Crippen molar-refractivity contribution in [3.63, 3.8) is 0 Å². The van der Waals surface area contributed by atoms with Crippen molar-refractivity contribution in [1.29, 1.82) is 0 Å². The van der Waals surface area contributed by atoms with E-state index in [1.165, 1.54) is 6.20 Å². The standard InChI is InChI=1S/C5H6N2O2/c1-4-2-7(9)3-6-5(4)8/h2-3,9H,1H3. The molecule has 48 valence electrons. The molecule has 0 atom stereocenters. The van der Waals surface area contributed by atoms with Crippen LogP contribution in [0.25, 0.3) is 0 Å². The summed E-state index contributed by atoms with van der Waals surface area (Å²) in [6, 6.07) is 0. The fourth-order valence-electron chi connectivity index (χ4n) is 0.500. The van der Waals surface area contributed by atoms with Crippen molar-refractivity contribution in [2.75, 3.05) is 0 Å². The van der Waals surface area contributed by atoms with Gasteiger partial charge in [-0.3, -0.25) is 4.79 Å². The Labute approximate surface area is 51.4 Å². The molecule has 1 rings (SSSR count). The fraction of sp³-hybridized carbons (Fsp3) is 0.200. The zero-order chi connectivity index (χ0) is 6.85. The highest BCUT2D eigenvalue weighted by Crippen LogP contribution is 1.81. The smallest absolute Gasteiger partial charge is 0.275 e. The van der Waals surface area contributed by atoms with Crippen LogP contribution >= 0.6 is 0 Å². The number of hydrogen-bond acceptors (Lipinski definition) is 3. The predicted molar refractivity (Wildman–Crippen MR) is 30.4 cm³/mol. The van der Waals surface area contributed by atoms with Crippen LogP contribution in [-0.4, -0.2) is 14.9 Å². The molecule has 0 aliphatic heterocycles. The molecule has 0 saturated carbocycles. The number of rotatable bonds is 0. The Balaban J connectivity index is 3.34. The van der Waals surface area contributed by atoms with Gasteiger partial charge in [0, 0.05) is 5.56 Å². The van der Waals surface area contributed by atoms with E-state index < -0.39 is 0 Å². The first-order valence-corrected chi connectivity index (χ1v) is 2.44. The maximum atomic E-state index is 10.5. The Morgan fingerprint density at radius 2 is 2.44 bits per heavy atom. The van der Waals surface area contributed by atoms with E-state index in [9.17, 15) is 4.79 Å². The average molecular weight is 126 g/mol. The number of nitrogens with zero attached hydrogens (tertiary/aromatic N) is 2. The van der Waals surface area contributed by atoms with Gasteiger partial charge in [0.15, 0.2) is 0 Å². The van der Waals surface area contributed by atoms with Crippen molar-refractivity contribution >= 4 is 0 Å². The Bertz CT molecular complexity index is 266. The van der Waals surface area contributed by atoms with E-state index in [1.54, 1.807) is 6.92 Å². The number of aryl methyl sites for hydroxylation is 1. The lowest BCUT2D eigenvalue weighted by Crippen LogP contribution is -2.11. The third-order valence-corrected chi connectivity index (χ3v) is 0.957. The second-order valence-corrected chi connectivity index (χ2v) is 1.74. The largest absolute Gasteiger partial charge is 0.428 e. The summed E-state index contributed by atoms with van der Waals surface area (Å²) in [4.78, 5) is 13.9. The van der Waals surface area contributed by atoms with E-state index in [4.69, 9.17) is 5.21 Å². The zero-order valence-corrected chi connectivity index (χ0v) is 4.90. The molecule has 0 bridgehead atoms. The first-order chi connectivity index (χ1) is 4.20. The highest BCUT2D eigenvalue weighted by Gasteiger charge is 1.90. The molecule has 0 fully saturated rings. The first-order valence-electron chi connectivity index (χ1n) is 2.44. The van der Waals surface area contributed by atoms with Crippen LogP contribution in [0.4, 0.5) is 0 Å². The average Bonchev–Trinajstić information content (AvgIpc) is 1.80. The van der Waals surface area contributed by atoms with E-state index in [0.29, 0.717) is 5.56 Å². The third-order valence-electron chi connectivity index (χ3n) is 0.957. The zero-order valence-electron chi connectivity index (χ0n) is 4.90. The fourth-order valence-corrected chi connectivity index (χ4v) is 0.500. The summed E-state index contributed by atoms with van der Waals surface area (Å²) in [6.07, 6.45) is 2.35. The first kappa shape index (κ1) is 5.81. The lowest BCUT2D eigenvalue weighted by molar-refractivity contribution is 0.179. The summed E-state index contributed by atoms with van der Waals surface area (Å²) in [5.74, 6) is 0. The molecule has 0 unspecified atom stereocenters. The van der Waals surface area contributed by atoms with Crippen LogP contribution in [0.2, 0.25) is 0 Å². The second-order valence-electron chi connectivity index (χ2n) is 1.74. The molecule has 0 aliphatic rings. The van der Waals surface area contributed by atoms with Crippen molar-refractivity contribution in [2.45, 2.75) is 6.92 Å². The summed E-state index contributed by atoms with van der Waals surface area (Å²) in [7, 11) is 0. The van der Waals surface area contributed by atoms with Crippen LogP contribution in [0.1, 0.15) is 5.56 Å². The maximum absolute atomic E-state index is 10.5. The van der Waals surface area contributed by atoms with Crippen molar-refractivity contribution in [1.82, 2.24) is 9.71 Å². The normalized spacial score (nSPS) is 9.44. The summed E-state index contributed by atoms with van der Waals surface area (Å²) < 4.78 is 0.747. The molecular weight excluding hydrogens is 120 g/mol. The number of hydrogen-bond donors (Lipinski definition) is 1. The molecule has 1 heterocycles. The van der Waals surface area contributed by atoms with E-state index in [0.717, 1.165) is 11.1 Å². The third kappa shape index (κ3) is 1.07. The minimum absolute atomic E-state index is 0.305. The van der Waals surface area contributed by atoms with Crippen LogP contribution < -0.4 is 5.56 Å². The van der Waals surface area contributed by atoms with Crippen molar-refractivity contribution in [3.8, 4) is 0 Å². The minimum atomic E-state index is -0.305. The van der Waals surface area contributed by atoms with Gasteiger partial charge in [0.05, 0.1) is 6.20 Å². The highest BCUT2D eigenvalue weighted by atomic mass is 16.5. The molecule has 1 aromatic heterocycles. The van der Waals surface area contributed by atoms with Gasteiger partial charge in [0.2, 0.25) is 0 Å². The maximum Gasteiger partial charge on any atom is 0.275 e. The van der Waals surface area contributed by atoms with E-state index in [-0.39, 0.29) is 5.56 Å². The van der Waals surface area contributed by atoms with Crippen molar-refractivity contribution in [2.24, 2.45) is 0 Å². The van der Waals surface area contributed by atoms with Gasteiger partial charge in [-0.1, -0.05) is 0 Å². The van der Waals surface area contributed by atoms with Gasteiger partial charge in [0.1, 0.15) is 6.33 Å².